The van der Waals surface area contributed by atoms with Gasteiger partial charge in [-0.15, -0.1) is 0 Å². The van der Waals surface area contributed by atoms with Crippen LogP contribution in [0.4, 0.5) is 0 Å². The van der Waals surface area contributed by atoms with E-state index in [-0.39, 0.29) is 16.4 Å². The molecule has 1 N–H and O–H groups in total. The minimum Gasteiger partial charge on any atom is -0.286 e. The third-order valence-electron chi connectivity index (χ3n) is 1.52. The Morgan fingerprint density at radius 1 is 1.43 bits per heavy atom. The lowest BCUT2D eigenvalue weighted by molar-refractivity contribution is 0.805. The van der Waals surface area contributed by atoms with E-state index in [9.17, 15) is 4.79 Å². The normalized spacial score (nSPS) is 10.4. The summed E-state index contributed by atoms with van der Waals surface area (Å²) in [6.07, 6.45) is 1.54. The second-order valence-electron chi connectivity index (χ2n) is 2.49. The summed E-state index contributed by atoms with van der Waals surface area (Å²) in [5, 5.41) is 10.5. The van der Waals surface area contributed by atoms with Crippen molar-refractivity contribution < 1.29 is 0 Å². The maximum absolute atomic E-state index is 11.4. The van der Waals surface area contributed by atoms with Crippen LogP contribution in [0.5, 0.6) is 0 Å². The zero-order valence-electron chi connectivity index (χ0n) is 6.74. The molecular weight excluding hydrogens is 227 g/mol. The first kappa shape index (κ1) is 9.23. The topological polar surface area (TPSA) is 63.6 Å². The molecule has 0 saturated heterocycles. The lowest BCUT2D eigenvalue weighted by atomic mass is 10.5. The largest absolute Gasteiger partial charge is 0.286 e. The Morgan fingerprint density at radius 2 is 2.21 bits per heavy atom. The first-order valence-electron chi connectivity index (χ1n) is 3.63. The van der Waals surface area contributed by atoms with Crippen molar-refractivity contribution in [3.63, 3.8) is 0 Å². The van der Waals surface area contributed by atoms with Gasteiger partial charge < -0.3 is 0 Å². The highest BCUT2D eigenvalue weighted by molar-refractivity contribution is 6.29. The summed E-state index contributed by atoms with van der Waals surface area (Å²) < 4.78 is 1.28. The molecule has 0 fully saturated rings. The molecule has 0 bridgehead atoms. The summed E-state index contributed by atoms with van der Waals surface area (Å²) in [6, 6.07) is 2.77. The molecule has 0 aliphatic rings. The molecule has 0 aromatic carbocycles. The van der Waals surface area contributed by atoms with Crippen LogP contribution in [0.2, 0.25) is 10.3 Å². The molecule has 72 valence electrons. The summed E-state index contributed by atoms with van der Waals surface area (Å²) in [6.45, 7) is 0. The number of nitrogens with one attached hydrogen (secondary N) is 1. The molecule has 0 aliphatic carbocycles. The summed E-state index contributed by atoms with van der Waals surface area (Å²) in [5.74, 6) is 0.126. The molecule has 2 heterocycles. The van der Waals surface area contributed by atoms with Gasteiger partial charge in [-0.3, -0.25) is 9.89 Å². The van der Waals surface area contributed by atoms with Crippen LogP contribution in [0.3, 0.4) is 0 Å². The van der Waals surface area contributed by atoms with E-state index in [1.165, 1.54) is 16.9 Å². The molecule has 0 unspecified atom stereocenters. The van der Waals surface area contributed by atoms with E-state index in [2.05, 4.69) is 15.3 Å². The zero-order chi connectivity index (χ0) is 10.1. The Morgan fingerprint density at radius 3 is 2.79 bits per heavy atom. The van der Waals surface area contributed by atoms with Crippen LogP contribution in [-0.4, -0.2) is 20.0 Å². The van der Waals surface area contributed by atoms with Gasteiger partial charge in [-0.25, -0.2) is 4.68 Å². The third kappa shape index (κ3) is 1.64. The fourth-order valence-corrected chi connectivity index (χ4v) is 1.24. The van der Waals surface area contributed by atoms with Crippen LogP contribution in [0, 0.1) is 0 Å². The molecule has 0 saturated carbocycles. The Bertz CT molecular complexity index is 518. The van der Waals surface area contributed by atoms with Crippen LogP contribution < -0.4 is 5.43 Å². The van der Waals surface area contributed by atoms with Crippen molar-refractivity contribution in [1.82, 2.24) is 20.0 Å². The van der Waals surface area contributed by atoms with Crippen molar-refractivity contribution in [3.05, 3.63) is 38.9 Å². The third-order valence-corrected chi connectivity index (χ3v) is 1.92. The molecule has 0 spiro atoms. The molecule has 7 heteroatoms. The van der Waals surface area contributed by atoms with E-state index >= 15 is 0 Å². The van der Waals surface area contributed by atoms with Crippen LogP contribution in [0.1, 0.15) is 0 Å². The quantitative estimate of drug-likeness (QED) is 0.803. The predicted molar refractivity (Wildman–Crippen MR) is 52.0 cm³/mol. The van der Waals surface area contributed by atoms with E-state index in [1.54, 1.807) is 6.07 Å². The van der Waals surface area contributed by atoms with Crippen molar-refractivity contribution in [2.24, 2.45) is 0 Å². The summed E-state index contributed by atoms with van der Waals surface area (Å²) in [4.78, 5) is 11.4. The van der Waals surface area contributed by atoms with Crippen molar-refractivity contribution in [2.75, 3.05) is 0 Å². The second kappa shape index (κ2) is 3.43. The minimum atomic E-state index is -0.325. The lowest BCUT2D eigenvalue weighted by Crippen LogP contribution is -2.14. The molecule has 0 amide bonds. The monoisotopic (exact) mass is 230 g/mol. The molecule has 5 nitrogen and oxygen atoms in total. The summed E-state index contributed by atoms with van der Waals surface area (Å²) >= 11 is 11.1. The lowest BCUT2D eigenvalue weighted by Gasteiger charge is -1.97. The average molecular weight is 231 g/mol. The Labute approximate surface area is 88.3 Å². The first-order valence-corrected chi connectivity index (χ1v) is 4.39. The molecule has 0 radical (unpaired) electrons. The maximum atomic E-state index is 11.4. The highest BCUT2D eigenvalue weighted by Crippen LogP contribution is 2.05. The van der Waals surface area contributed by atoms with E-state index in [4.69, 9.17) is 23.2 Å². The highest BCUT2D eigenvalue weighted by atomic mass is 35.5. The maximum Gasteiger partial charge on any atom is 0.227 e. The van der Waals surface area contributed by atoms with Gasteiger partial charge in [0, 0.05) is 12.3 Å². The number of nitrogens with zero attached hydrogens (tertiary/aromatic N) is 3. The number of aromatic amines is 1. The van der Waals surface area contributed by atoms with Crippen LogP contribution in [0.15, 0.2) is 23.1 Å². The Balaban J connectivity index is 2.57. The van der Waals surface area contributed by atoms with Gasteiger partial charge in [-0.05, 0) is 6.07 Å². The highest BCUT2D eigenvalue weighted by Gasteiger charge is 2.05. The smallest absolute Gasteiger partial charge is 0.227 e. The van der Waals surface area contributed by atoms with Gasteiger partial charge in [0.05, 0.1) is 0 Å². The number of halogens is 2. The van der Waals surface area contributed by atoms with Crippen molar-refractivity contribution in [3.8, 4) is 5.82 Å². The molecule has 0 aliphatic heterocycles. The van der Waals surface area contributed by atoms with Gasteiger partial charge >= 0.3 is 0 Å². The predicted octanol–water partition coefficient (Wildman–Crippen LogP) is 1.26. The molecule has 14 heavy (non-hydrogen) atoms. The van der Waals surface area contributed by atoms with E-state index in [1.807, 2.05) is 0 Å². The van der Waals surface area contributed by atoms with Gasteiger partial charge in [0.1, 0.15) is 5.15 Å². The SMILES string of the molecule is O=c1cc(Cl)[nH]nc1-n1ccc(Cl)n1. The van der Waals surface area contributed by atoms with E-state index in [0.29, 0.717) is 5.15 Å². The number of hydrogen-bond acceptors (Lipinski definition) is 3. The average Bonchev–Trinajstić information content (AvgIpc) is 2.51. The minimum absolute atomic E-state index is 0.126. The van der Waals surface area contributed by atoms with Gasteiger partial charge in [0.25, 0.3) is 0 Å². The Kier molecular flexibility index (Phi) is 2.26. The molecular formula is C7H4Cl2N4O. The number of H-pyrrole nitrogens is 1. The standard InChI is InChI=1S/C7H4Cl2N4O/c8-5-1-2-13(12-5)7-4(14)3-6(9)10-11-7/h1-3H,(H,10,14). The van der Waals surface area contributed by atoms with Crippen molar-refractivity contribution in [2.45, 2.75) is 0 Å². The van der Waals surface area contributed by atoms with Gasteiger partial charge in [0.15, 0.2) is 5.15 Å². The zero-order valence-corrected chi connectivity index (χ0v) is 8.25. The van der Waals surface area contributed by atoms with Gasteiger partial charge in [-0.1, -0.05) is 23.2 Å². The first-order chi connectivity index (χ1) is 6.66. The molecule has 2 aromatic heterocycles. The van der Waals surface area contributed by atoms with E-state index in [0.717, 1.165) is 0 Å². The van der Waals surface area contributed by atoms with Gasteiger partial charge in [-0.2, -0.15) is 10.2 Å². The number of aromatic nitrogens is 4. The van der Waals surface area contributed by atoms with Crippen LogP contribution in [-0.2, 0) is 0 Å². The van der Waals surface area contributed by atoms with Crippen LogP contribution >= 0.6 is 23.2 Å². The fraction of sp³-hybridized carbons (Fsp3) is 0. The second-order valence-corrected chi connectivity index (χ2v) is 3.28. The molecule has 0 atom stereocenters. The Hall–Kier alpha value is -1.33. The van der Waals surface area contributed by atoms with Crippen molar-refractivity contribution in [1.29, 1.82) is 0 Å². The molecule has 2 rings (SSSR count). The summed E-state index contributed by atoms with van der Waals surface area (Å²) in [5.41, 5.74) is -0.325. The fourth-order valence-electron chi connectivity index (χ4n) is 0.957. The van der Waals surface area contributed by atoms with Crippen LogP contribution in [0.25, 0.3) is 5.82 Å². The number of rotatable bonds is 1. The van der Waals surface area contributed by atoms with Gasteiger partial charge in [0.2, 0.25) is 11.2 Å². The van der Waals surface area contributed by atoms with E-state index < -0.39 is 0 Å². The molecule has 2 aromatic rings. The summed E-state index contributed by atoms with van der Waals surface area (Å²) in [7, 11) is 0. The number of hydrogen-bond donors (Lipinski definition) is 1. The van der Waals surface area contributed by atoms with Crippen molar-refractivity contribution >= 4 is 23.2 Å².